The summed E-state index contributed by atoms with van der Waals surface area (Å²) in [7, 11) is 0. The Morgan fingerprint density at radius 1 is 1.36 bits per heavy atom. The molecule has 0 bridgehead atoms. The summed E-state index contributed by atoms with van der Waals surface area (Å²) < 4.78 is 34.4. The summed E-state index contributed by atoms with van der Waals surface area (Å²) in [6.45, 7) is 1.71. The van der Waals surface area contributed by atoms with Gasteiger partial charge in [0.15, 0.2) is 5.82 Å². The van der Waals surface area contributed by atoms with Gasteiger partial charge < -0.3 is 14.4 Å². The van der Waals surface area contributed by atoms with Crippen molar-refractivity contribution in [2.45, 2.75) is 38.2 Å². The molecule has 2 N–H and O–H groups in total. The summed E-state index contributed by atoms with van der Waals surface area (Å²) in [4.78, 5) is 15.7. The van der Waals surface area contributed by atoms with Gasteiger partial charge in [-0.3, -0.25) is 5.32 Å². The van der Waals surface area contributed by atoms with Crippen molar-refractivity contribution >= 4 is 11.9 Å². The second kappa shape index (κ2) is 5.35. The van der Waals surface area contributed by atoms with Gasteiger partial charge in [0, 0.05) is 6.07 Å². The Morgan fingerprint density at radius 2 is 2.14 bits per heavy atom. The summed E-state index contributed by atoms with van der Waals surface area (Å²) in [6, 6.07) is 0.996. The SMILES string of the molecule is Cc1cc(NC(=O)NC2(c3noc(C(F)F)n3)CCC2)on1. The van der Waals surface area contributed by atoms with E-state index in [2.05, 4.69) is 30.5 Å². The van der Waals surface area contributed by atoms with Gasteiger partial charge in [-0.2, -0.15) is 13.8 Å². The molecule has 22 heavy (non-hydrogen) atoms. The van der Waals surface area contributed by atoms with Crippen molar-refractivity contribution in [1.29, 1.82) is 0 Å². The molecular formula is C12H13F2N5O3. The molecule has 2 aromatic rings. The number of carbonyl (C=O) groups is 1. The number of nitrogens with one attached hydrogen (secondary N) is 2. The summed E-state index contributed by atoms with van der Waals surface area (Å²) >= 11 is 0. The fraction of sp³-hybridized carbons (Fsp3) is 0.500. The molecule has 0 unspecified atom stereocenters. The first-order chi connectivity index (χ1) is 10.5. The predicted octanol–water partition coefficient (Wildman–Crippen LogP) is 2.50. The number of hydrogen-bond donors (Lipinski definition) is 2. The Hall–Kier alpha value is -2.52. The van der Waals surface area contributed by atoms with Crippen molar-refractivity contribution in [2.24, 2.45) is 0 Å². The minimum Gasteiger partial charge on any atom is -0.338 e. The molecule has 1 aliphatic rings. The van der Waals surface area contributed by atoms with Crippen molar-refractivity contribution in [3.63, 3.8) is 0 Å². The topological polar surface area (TPSA) is 106 Å². The van der Waals surface area contributed by atoms with Crippen molar-refractivity contribution in [3.8, 4) is 0 Å². The lowest BCUT2D eigenvalue weighted by molar-refractivity contribution is 0.106. The Kier molecular flexibility index (Phi) is 3.51. The maximum absolute atomic E-state index is 12.5. The molecule has 3 rings (SSSR count). The van der Waals surface area contributed by atoms with E-state index in [1.807, 2.05) is 0 Å². The van der Waals surface area contributed by atoms with Gasteiger partial charge in [-0.15, -0.1) is 0 Å². The lowest BCUT2D eigenvalue weighted by Crippen LogP contribution is -2.52. The maximum atomic E-state index is 12.5. The summed E-state index contributed by atoms with van der Waals surface area (Å²) in [5.41, 5.74) is -0.274. The average molecular weight is 313 g/mol. The molecule has 1 aliphatic carbocycles. The van der Waals surface area contributed by atoms with Crippen molar-refractivity contribution in [1.82, 2.24) is 20.6 Å². The lowest BCUT2D eigenvalue weighted by Gasteiger charge is -2.39. The number of aromatic nitrogens is 3. The molecule has 2 amide bonds. The van der Waals surface area contributed by atoms with Gasteiger partial charge in [0.1, 0.15) is 5.54 Å². The van der Waals surface area contributed by atoms with E-state index in [9.17, 15) is 13.6 Å². The smallest absolute Gasteiger partial charge is 0.322 e. The zero-order valence-corrected chi connectivity index (χ0v) is 11.6. The highest BCUT2D eigenvalue weighted by Gasteiger charge is 2.45. The quantitative estimate of drug-likeness (QED) is 0.898. The first-order valence-corrected chi connectivity index (χ1v) is 6.63. The first-order valence-electron chi connectivity index (χ1n) is 6.63. The van der Waals surface area contributed by atoms with E-state index < -0.39 is 23.9 Å². The molecule has 0 radical (unpaired) electrons. The molecule has 0 aliphatic heterocycles. The fourth-order valence-electron chi connectivity index (χ4n) is 2.24. The normalized spacial score (nSPS) is 16.4. The molecule has 8 nitrogen and oxygen atoms in total. The van der Waals surface area contributed by atoms with Crippen LogP contribution in [0.4, 0.5) is 19.5 Å². The maximum Gasteiger partial charge on any atom is 0.322 e. The van der Waals surface area contributed by atoms with Crippen LogP contribution in [0.2, 0.25) is 0 Å². The Bertz CT molecular complexity index is 680. The van der Waals surface area contributed by atoms with Gasteiger partial charge in [0.25, 0.3) is 5.89 Å². The molecule has 0 aromatic carbocycles. The number of halogens is 2. The van der Waals surface area contributed by atoms with E-state index >= 15 is 0 Å². The third kappa shape index (κ3) is 2.63. The Balaban J connectivity index is 1.71. The third-order valence-corrected chi connectivity index (χ3v) is 3.48. The van der Waals surface area contributed by atoms with E-state index in [0.717, 1.165) is 6.42 Å². The molecule has 2 aromatic heterocycles. The van der Waals surface area contributed by atoms with Crippen LogP contribution < -0.4 is 10.6 Å². The van der Waals surface area contributed by atoms with Gasteiger partial charge in [0.2, 0.25) is 5.88 Å². The van der Waals surface area contributed by atoms with Gasteiger partial charge in [0.05, 0.1) is 5.69 Å². The predicted molar refractivity (Wildman–Crippen MR) is 68.2 cm³/mol. The average Bonchev–Trinajstić information content (AvgIpc) is 3.03. The number of amides is 2. The van der Waals surface area contributed by atoms with E-state index in [1.165, 1.54) is 0 Å². The molecule has 1 fully saturated rings. The van der Waals surface area contributed by atoms with E-state index in [-0.39, 0.29) is 11.7 Å². The van der Waals surface area contributed by atoms with E-state index in [4.69, 9.17) is 4.52 Å². The minimum atomic E-state index is -2.84. The number of nitrogens with zero attached hydrogens (tertiary/aromatic N) is 3. The van der Waals surface area contributed by atoms with Crippen molar-refractivity contribution in [3.05, 3.63) is 23.5 Å². The molecule has 0 atom stereocenters. The number of anilines is 1. The van der Waals surface area contributed by atoms with Crippen molar-refractivity contribution < 1.29 is 22.6 Å². The van der Waals surface area contributed by atoms with Gasteiger partial charge in [-0.25, -0.2) is 4.79 Å². The van der Waals surface area contributed by atoms with E-state index in [1.54, 1.807) is 13.0 Å². The van der Waals surface area contributed by atoms with Crippen LogP contribution in [-0.4, -0.2) is 21.3 Å². The number of alkyl halides is 2. The molecule has 118 valence electrons. The monoisotopic (exact) mass is 313 g/mol. The van der Waals surface area contributed by atoms with Gasteiger partial charge in [-0.05, 0) is 26.2 Å². The van der Waals surface area contributed by atoms with Crippen molar-refractivity contribution in [2.75, 3.05) is 5.32 Å². The number of hydrogen-bond acceptors (Lipinski definition) is 6. The number of aryl methyl sites for hydroxylation is 1. The Morgan fingerprint density at radius 3 is 2.64 bits per heavy atom. The van der Waals surface area contributed by atoms with Crippen LogP contribution in [0.3, 0.4) is 0 Å². The zero-order chi connectivity index (χ0) is 15.7. The molecular weight excluding hydrogens is 300 g/mol. The zero-order valence-electron chi connectivity index (χ0n) is 11.6. The highest BCUT2D eigenvalue weighted by molar-refractivity contribution is 5.88. The van der Waals surface area contributed by atoms with Crippen LogP contribution in [-0.2, 0) is 5.54 Å². The third-order valence-electron chi connectivity index (χ3n) is 3.48. The van der Waals surface area contributed by atoms with Gasteiger partial charge >= 0.3 is 12.5 Å². The standard InChI is InChI=1S/C12H13F2N5O3/c1-6-5-7(21-18-6)15-11(20)17-12(3-2-4-12)10-16-9(8(13)14)22-19-10/h5,8H,2-4H2,1H3,(H2,15,17,20). The van der Waals surface area contributed by atoms with Crippen LogP contribution in [0.25, 0.3) is 0 Å². The minimum absolute atomic E-state index is 0.0537. The van der Waals surface area contributed by atoms with E-state index in [0.29, 0.717) is 18.5 Å². The first kappa shape index (κ1) is 14.4. The summed E-state index contributed by atoms with van der Waals surface area (Å²) in [5, 5.41) is 12.4. The molecule has 0 saturated heterocycles. The van der Waals surface area contributed by atoms with Crippen LogP contribution in [0.1, 0.15) is 43.1 Å². The summed E-state index contributed by atoms with van der Waals surface area (Å²) in [6.07, 6.45) is -0.944. The second-order valence-corrected chi connectivity index (χ2v) is 5.10. The number of rotatable bonds is 4. The number of carbonyl (C=O) groups excluding carboxylic acids is 1. The fourth-order valence-corrected chi connectivity index (χ4v) is 2.24. The van der Waals surface area contributed by atoms with Crippen LogP contribution >= 0.6 is 0 Å². The van der Waals surface area contributed by atoms with Gasteiger partial charge in [-0.1, -0.05) is 10.3 Å². The molecule has 0 spiro atoms. The molecule has 1 saturated carbocycles. The Labute approximate surface area is 123 Å². The van der Waals surface area contributed by atoms with Crippen LogP contribution in [0.15, 0.2) is 15.1 Å². The summed E-state index contributed by atoms with van der Waals surface area (Å²) in [5.74, 6) is -0.516. The highest BCUT2D eigenvalue weighted by atomic mass is 19.3. The second-order valence-electron chi connectivity index (χ2n) is 5.10. The van der Waals surface area contributed by atoms with Crippen LogP contribution in [0.5, 0.6) is 0 Å². The lowest BCUT2D eigenvalue weighted by atomic mass is 9.76. The molecule has 2 heterocycles. The van der Waals surface area contributed by atoms with Crippen LogP contribution in [0, 0.1) is 6.92 Å². The largest absolute Gasteiger partial charge is 0.338 e. The highest BCUT2D eigenvalue weighted by Crippen LogP contribution is 2.40. The molecule has 10 heteroatoms. The number of urea groups is 1.